The predicted molar refractivity (Wildman–Crippen MR) is 75.5 cm³/mol. The first kappa shape index (κ1) is 13.8. The first-order valence-electron chi connectivity index (χ1n) is 6.53. The molecule has 2 unspecified atom stereocenters. The molecule has 1 aliphatic carbocycles. The third kappa shape index (κ3) is 3.70. The van der Waals surface area contributed by atoms with E-state index in [1.807, 2.05) is 12.1 Å². The van der Waals surface area contributed by atoms with Crippen LogP contribution in [0.5, 0.6) is 5.75 Å². The number of halogens is 1. The lowest BCUT2D eigenvalue weighted by molar-refractivity contribution is 0.0695. The first-order valence-corrected chi connectivity index (χ1v) is 7.32. The zero-order valence-corrected chi connectivity index (χ0v) is 12.0. The normalized spacial score (nSPS) is 24.1. The van der Waals surface area contributed by atoms with Crippen LogP contribution in [-0.4, -0.2) is 22.9 Å². The molecule has 0 radical (unpaired) electrons. The second-order valence-corrected chi connectivity index (χ2v) is 5.88. The Labute approximate surface area is 116 Å². The van der Waals surface area contributed by atoms with Crippen molar-refractivity contribution in [2.45, 2.75) is 38.3 Å². The number of aromatic hydroxyl groups is 1. The van der Waals surface area contributed by atoms with Crippen LogP contribution in [0.1, 0.15) is 31.2 Å². The van der Waals surface area contributed by atoms with Gasteiger partial charge in [-0.15, -0.1) is 0 Å². The van der Waals surface area contributed by atoms with Crippen molar-refractivity contribution < 1.29 is 10.2 Å². The zero-order valence-electron chi connectivity index (χ0n) is 10.4. The molecule has 1 aromatic rings. The Morgan fingerprint density at radius 3 is 2.78 bits per heavy atom. The summed E-state index contributed by atoms with van der Waals surface area (Å²) in [6.45, 7) is 1.63. The first-order chi connectivity index (χ1) is 8.66. The second kappa shape index (κ2) is 6.55. The summed E-state index contributed by atoms with van der Waals surface area (Å²) in [7, 11) is 0. The van der Waals surface area contributed by atoms with Crippen LogP contribution >= 0.6 is 15.9 Å². The van der Waals surface area contributed by atoms with Crippen molar-refractivity contribution in [1.29, 1.82) is 0 Å². The molecule has 3 nitrogen and oxygen atoms in total. The fraction of sp³-hybridized carbons (Fsp3) is 0.571. The second-order valence-electron chi connectivity index (χ2n) is 5.03. The Morgan fingerprint density at radius 1 is 1.28 bits per heavy atom. The number of aliphatic hydroxyl groups excluding tert-OH is 1. The molecule has 2 rings (SSSR count). The van der Waals surface area contributed by atoms with E-state index in [0.717, 1.165) is 42.4 Å². The van der Waals surface area contributed by atoms with Gasteiger partial charge in [-0.3, -0.25) is 0 Å². The molecule has 0 aromatic heterocycles. The van der Waals surface area contributed by atoms with Crippen molar-refractivity contribution in [3.05, 3.63) is 28.2 Å². The largest absolute Gasteiger partial charge is 0.507 e. The van der Waals surface area contributed by atoms with Gasteiger partial charge in [-0.25, -0.2) is 0 Å². The average molecular weight is 314 g/mol. The summed E-state index contributed by atoms with van der Waals surface area (Å²) >= 11 is 3.31. The Balaban J connectivity index is 1.79. The monoisotopic (exact) mass is 313 g/mol. The predicted octanol–water partition coefficient (Wildman–Crippen LogP) is 2.80. The van der Waals surface area contributed by atoms with E-state index in [9.17, 15) is 10.2 Å². The number of aliphatic hydroxyl groups is 1. The van der Waals surface area contributed by atoms with Crippen molar-refractivity contribution in [3.63, 3.8) is 0 Å². The van der Waals surface area contributed by atoms with Gasteiger partial charge in [0, 0.05) is 13.1 Å². The number of phenolic OH excluding ortho intramolecular Hbond substituents is 1. The molecule has 3 N–H and O–H groups in total. The van der Waals surface area contributed by atoms with Gasteiger partial charge in [0.2, 0.25) is 0 Å². The summed E-state index contributed by atoms with van der Waals surface area (Å²) in [6, 6.07) is 5.51. The molecule has 4 heteroatoms. The third-order valence-corrected chi connectivity index (χ3v) is 4.25. The molecule has 0 spiro atoms. The summed E-state index contributed by atoms with van der Waals surface area (Å²) in [5.41, 5.74) is 1.13. The summed E-state index contributed by atoms with van der Waals surface area (Å²) in [5.74, 6) is 0.653. The Hall–Kier alpha value is -0.580. The summed E-state index contributed by atoms with van der Waals surface area (Å²) in [5, 5.41) is 22.7. The molecule has 0 saturated heterocycles. The van der Waals surface area contributed by atoms with Crippen molar-refractivity contribution >= 4 is 15.9 Å². The van der Waals surface area contributed by atoms with Gasteiger partial charge in [0.1, 0.15) is 5.75 Å². The Kier molecular flexibility index (Phi) is 5.03. The SMILES string of the molecule is Oc1ccc(CNCC2CCCCC2O)cc1Br. The van der Waals surface area contributed by atoms with Crippen molar-refractivity contribution in [1.82, 2.24) is 5.32 Å². The van der Waals surface area contributed by atoms with Gasteiger partial charge >= 0.3 is 0 Å². The van der Waals surface area contributed by atoms with E-state index in [-0.39, 0.29) is 11.9 Å². The summed E-state index contributed by atoms with van der Waals surface area (Å²) in [6.07, 6.45) is 4.30. The van der Waals surface area contributed by atoms with Gasteiger partial charge in [0.25, 0.3) is 0 Å². The lowest BCUT2D eigenvalue weighted by Gasteiger charge is -2.27. The molecular weight excluding hydrogens is 294 g/mol. The van der Waals surface area contributed by atoms with Crippen LogP contribution < -0.4 is 5.32 Å². The minimum Gasteiger partial charge on any atom is -0.507 e. The fourth-order valence-corrected chi connectivity index (χ4v) is 2.91. The van der Waals surface area contributed by atoms with Crippen LogP contribution in [0, 0.1) is 5.92 Å². The highest BCUT2D eigenvalue weighted by Crippen LogP contribution is 2.25. The molecule has 0 bridgehead atoms. The van der Waals surface area contributed by atoms with Gasteiger partial charge in [0.15, 0.2) is 0 Å². The van der Waals surface area contributed by atoms with E-state index >= 15 is 0 Å². The van der Waals surface area contributed by atoms with E-state index in [1.54, 1.807) is 6.07 Å². The lowest BCUT2D eigenvalue weighted by Crippen LogP contribution is -2.33. The van der Waals surface area contributed by atoms with Crippen LogP contribution in [0.25, 0.3) is 0 Å². The average Bonchev–Trinajstić information content (AvgIpc) is 2.36. The topological polar surface area (TPSA) is 52.5 Å². The van der Waals surface area contributed by atoms with E-state index < -0.39 is 0 Å². The summed E-state index contributed by atoms with van der Waals surface area (Å²) in [4.78, 5) is 0. The molecule has 1 fully saturated rings. The fourth-order valence-electron chi connectivity index (χ4n) is 2.49. The van der Waals surface area contributed by atoms with Gasteiger partial charge < -0.3 is 15.5 Å². The molecule has 0 amide bonds. The highest BCUT2D eigenvalue weighted by atomic mass is 79.9. The number of nitrogens with one attached hydrogen (secondary N) is 1. The highest BCUT2D eigenvalue weighted by Gasteiger charge is 2.22. The number of phenols is 1. The van der Waals surface area contributed by atoms with E-state index in [4.69, 9.17) is 0 Å². The maximum Gasteiger partial charge on any atom is 0.129 e. The minimum atomic E-state index is -0.141. The molecule has 100 valence electrons. The van der Waals surface area contributed by atoms with E-state index in [0.29, 0.717) is 5.92 Å². The van der Waals surface area contributed by atoms with Gasteiger partial charge in [-0.2, -0.15) is 0 Å². The van der Waals surface area contributed by atoms with Crippen molar-refractivity contribution in [2.75, 3.05) is 6.54 Å². The van der Waals surface area contributed by atoms with Crippen LogP contribution in [-0.2, 0) is 6.54 Å². The third-order valence-electron chi connectivity index (χ3n) is 3.62. The van der Waals surface area contributed by atoms with Crippen LogP contribution in [0.15, 0.2) is 22.7 Å². The lowest BCUT2D eigenvalue weighted by atomic mass is 9.86. The van der Waals surface area contributed by atoms with Crippen molar-refractivity contribution in [3.8, 4) is 5.75 Å². The van der Waals surface area contributed by atoms with Crippen molar-refractivity contribution in [2.24, 2.45) is 5.92 Å². The standard InChI is InChI=1S/C14H20BrNO2/c15-12-7-10(5-6-14(12)18)8-16-9-11-3-1-2-4-13(11)17/h5-7,11,13,16-18H,1-4,8-9H2. The van der Waals surface area contributed by atoms with E-state index in [1.165, 1.54) is 6.42 Å². The highest BCUT2D eigenvalue weighted by molar-refractivity contribution is 9.10. The molecule has 1 aromatic carbocycles. The Morgan fingerprint density at radius 2 is 2.06 bits per heavy atom. The van der Waals surface area contributed by atoms with Crippen LogP contribution in [0.2, 0.25) is 0 Å². The molecule has 18 heavy (non-hydrogen) atoms. The van der Waals surface area contributed by atoms with Gasteiger partial charge in [-0.05, 0) is 52.4 Å². The molecule has 0 aliphatic heterocycles. The summed E-state index contributed by atoms with van der Waals surface area (Å²) < 4.78 is 0.722. The molecule has 1 saturated carbocycles. The number of rotatable bonds is 4. The smallest absolute Gasteiger partial charge is 0.129 e. The zero-order chi connectivity index (χ0) is 13.0. The molecule has 0 heterocycles. The van der Waals surface area contributed by atoms with Gasteiger partial charge in [-0.1, -0.05) is 18.9 Å². The maximum absolute atomic E-state index is 9.87. The van der Waals surface area contributed by atoms with Gasteiger partial charge in [0.05, 0.1) is 10.6 Å². The molecule has 1 aliphatic rings. The molecule has 2 atom stereocenters. The Bertz CT molecular complexity index is 397. The molecular formula is C14H20BrNO2. The maximum atomic E-state index is 9.87. The quantitative estimate of drug-likeness (QED) is 0.801. The number of hydrogen-bond acceptors (Lipinski definition) is 3. The minimum absolute atomic E-state index is 0.141. The van der Waals surface area contributed by atoms with Crippen LogP contribution in [0.4, 0.5) is 0 Å². The van der Waals surface area contributed by atoms with Crippen LogP contribution in [0.3, 0.4) is 0 Å². The number of hydrogen-bond donors (Lipinski definition) is 3. The number of benzene rings is 1. The van der Waals surface area contributed by atoms with E-state index in [2.05, 4.69) is 21.2 Å².